The van der Waals surface area contributed by atoms with E-state index >= 15 is 0 Å². The molecule has 21 heavy (non-hydrogen) atoms. The number of nitrogens with zero attached hydrogens (tertiary/aromatic N) is 4. The molecule has 0 saturated heterocycles. The number of fused-ring (bicyclic) bond motifs is 1. The predicted octanol–water partition coefficient (Wildman–Crippen LogP) is 2.58. The normalized spacial score (nSPS) is 14.1. The first kappa shape index (κ1) is 13.8. The van der Waals surface area contributed by atoms with Crippen molar-refractivity contribution in [3.05, 3.63) is 16.8 Å². The van der Waals surface area contributed by atoms with Crippen LogP contribution in [-0.4, -0.2) is 33.6 Å². The Labute approximate surface area is 125 Å². The van der Waals surface area contributed by atoms with Crippen molar-refractivity contribution in [2.75, 3.05) is 11.4 Å². The largest absolute Gasteiger partial charge is 0.477 e. The first-order valence-corrected chi connectivity index (χ1v) is 7.56. The number of carbonyl (C=O) groups is 1. The number of nitriles is 1. The maximum atomic E-state index is 11.3. The Bertz CT molecular complexity index is 745. The van der Waals surface area contributed by atoms with Gasteiger partial charge in [0.15, 0.2) is 0 Å². The second-order valence-corrected chi connectivity index (χ2v) is 6.07. The van der Waals surface area contributed by atoms with Gasteiger partial charge >= 0.3 is 5.97 Å². The zero-order valence-electron chi connectivity index (χ0n) is 11.5. The first-order valence-electron chi connectivity index (χ1n) is 6.74. The highest BCUT2D eigenvalue weighted by atomic mass is 32.1. The molecule has 3 rings (SSSR count). The molecule has 1 aliphatic carbocycles. The monoisotopic (exact) mass is 302 g/mol. The first-order chi connectivity index (χ1) is 10.1. The van der Waals surface area contributed by atoms with Gasteiger partial charge in [-0.2, -0.15) is 5.26 Å². The average Bonchev–Trinajstić information content (AvgIpc) is 3.23. The molecular weight excluding hydrogens is 288 g/mol. The van der Waals surface area contributed by atoms with E-state index in [1.165, 1.54) is 17.7 Å². The number of aromatic carboxylic acids is 1. The lowest BCUT2D eigenvalue weighted by atomic mass is 10.2. The minimum Gasteiger partial charge on any atom is -0.477 e. The van der Waals surface area contributed by atoms with Gasteiger partial charge in [-0.1, -0.05) is 0 Å². The molecule has 2 heterocycles. The highest BCUT2D eigenvalue weighted by Gasteiger charge is 2.32. The lowest BCUT2D eigenvalue weighted by molar-refractivity contribution is 0.0701. The van der Waals surface area contributed by atoms with E-state index in [0.717, 1.165) is 24.0 Å². The summed E-state index contributed by atoms with van der Waals surface area (Å²) in [7, 11) is 0. The summed E-state index contributed by atoms with van der Waals surface area (Å²) in [6.07, 6.45) is 4.08. The summed E-state index contributed by atoms with van der Waals surface area (Å²) < 4.78 is 0. The van der Waals surface area contributed by atoms with Crippen molar-refractivity contribution >= 4 is 33.3 Å². The summed E-state index contributed by atoms with van der Waals surface area (Å²) in [5.74, 6) is -0.171. The van der Waals surface area contributed by atoms with E-state index < -0.39 is 5.97 Å². The highest BCUT2D eigenvalue weighted by molar-refractivity contribution is 7.20. The van der Waals surface area contributed by atoms with Crippen LogP contribution in [0.5, 0.6) is 0 Å². The molecule has 2 aromatic rings. The third kappa shape index (κ3) is 2.43. The molecule has 1 aliphatic rings. The Morgan fingerprint density at radius 2 is 2.33 bits per heavy atom. The molecular formula is C14H14N4O2S. The third-order valence-electron chi connectivity index (χ3n) is 3.63. The molecule has 108 valence electrons. The summed E-state index contributed by atoms with van der Waals surface area (Å²) in [5, 5.41) is 18.9. The molecule has 0 radical (unpaired) electrons. The number of thiophene rings is 1. The van der Waals surface area contributed by atoms with Gasteiger partial charge in [0.2, 0.25) is 0 Å². The lowest BCUT2D eigenvalue weighted by Gasteiger charge is -2.23. The van der Waals surface area contributed by atoms with Crippen molar-refractivity contribution < 1.29 is 9.90 Å². The van der Waals surface area contributed by atoms with Crippen LogP contribution in [-0.2, 0) is 0 Å². The summed E-state index contributed by atoms with van der Waals surface area (Å²) in [6.45, 7) is 2.41. The van der Waals surface area contributed by atoms with Gasteiger partial charge < -0.3 is 10.0 Å². The second kappa shape index (κ2) is 5.30. The Morgan fingerprint density at radius 1 is 1.57 bits per heavy atom. The van der Waals surface area contributed by atoms with Crippen LogP contribution < -0.4 is 4.90 Å². The Kier molecular flexibility index (Phi) is 3.47. The van der Waals surface area contributed by atoms with Gasteiger partial charge in [-0.25, -0.2) is 14.8 Å². The zero-order valence-corrected chi connectivity index (χ0v) is 12.4. The molecule has 1 saturated carbocycles. The molecule has 7 heteroatoms. The third-order valence-corrected chi connectivity index (χ3v) is 4.81. The molecule has 6 nitrogen and oxygen atoms in total. The fourth-order valence-electron chi connectivity index (χ4n) is 2.49. The smallest absolute Gasteiger partial charge is 0.346 e. The van der Waals surface area contributed by atoms with Crippen molar-refractivity contribution in [1.82, 2.24) is 9.97 Å². The van der Waals surface area contributed by atoms with Crippen molar-refractivity contribution in [2.24, 2.45) is 0 Å². The fourth-order valence-corrected chi connectivity index (χ4v) is 3.47. The van der Waals surface area contributed by atoms with E-state index in [1.54, 1.807) is 6.92 Å². The van der Waals surface area contributed by atoms with Gasteiger partial charge in [-0.15, -0.1) is 11.3 Å². The average molecular weight is 302 g/mol. The van der Waals surface area contributed by atoms with Crippen LogP contribution in [0, 0.1) is 18.3 Å². The molecule has 0 amide bonds. The van der Waals surface area contributed by atoms with E-state index in [2.05, 4.69) is 20.9 Å². The summed E-state index contributed by atoms with van der Waals surface area (Å²) >= 11 is 1.18. The van der Waals surface area contributed by atoms with Crippen LogP contribution >= 0.6 is 11.3 Å². The SMILES string of the molecule is Cc1c(C(=O)O)sc2ncnc(N(CCC#N)C3CC3)c12. The fraction of sp³-hybridized carbons (Fsp3) is 0.429. The number of carboxylic acids is 1. The molecule has 2 aromatic heterocycles. The van der Waals surface area contributed by atoms with Gasteiger partial charge in [-0.05, 0) is 25.3 Å². The van der Waals surface area contributed by atoms with Crippen molar-refractivity contribution in [3.8, 4) is 6.07 Å². The second-order valence-electron chi connectivity index (χ2n) is 5.07. The van der Waals surface area contributed by atoms with Crippen LogP contribution in [0.3, 0.4) is 0 Å². The van der Waals surface area contributed by atoms with Crippen LogP contribution in [0.4, 0.5) is 5.82 Å². The van der Waals surface area contributed by atoms with Gasteiger partial charge in [0.1, 0.15) is 21.9 Å². The molecule has 0 atom stereocenters. The Morgan fingerprint density at radius 3 is 2.95 bits per heavy atom. The maximum Gasteiger partial charge on any atom is 0.346 e. The van der Waals surface area contributed by atoms with Crippen LogP contribution in [0.2, 0.25) is 0 Å². The number of aryl methyl sites for hydroxylation is 1. The maximum absolute atomic E-state index is 11.3. The van der Waals surface area contributed by atoms with Gasteiger partial charge in [-0.3, -0.25) is 0 Å². The number of anilines is 1. The highest BCUT2D eigenvalue weighted by Crippen LogP contribution is 2.38. The van der Waals surface area contributed by atoms with Gasteiger partial charge in [0.05, 0.1) is 17.9 Å². The lowest BCUT2D eigenvalue weighted by Crippen LogP contribution is -2.27. The number of hydrogen-bond donors (Lipinski definition) is 1. The van der Waals surface area contributed by atoms with E-state index in [9.17, 15) is 9.90 Å². The van der Waals surface area contributed by atoms with Gasteiger partial charge in [0.25, 0.3) is 0 Å². The zero-order chi connectivity index (χ0) is 15.0. The predicted molar refractivity (Wildman–Crippen MR) is 79.7 cm³/mol. The molecule has 1 fully saturated rings. The quantitative estimate of drug-likeness (QED) is 0.913. The number of hydrogen-bond acceptors (Lipinski definition) is 6. The molecule has 1 N–H and O–H groups in total. The van der Waals surface area contributed by atoms with E-state index in [1.807, 2.05) is 0 Å². The molecule has 0 bridgehead atoms. The number of carboxylic acid groups (broad SMARTS) is 1. The molecule has 0 unspecified atom stereocenters. The minimum atomic E-state index is -0.934. The van der Waals surface area contributed by atoms with E-state index in [0.29, 0.717) is 34.3 Å². The van der Waals surface area contributed by atoms with Crippen molar-refractivity contribution in [3.63, 3.8) is 0 Å². The molecule has 0 spiro atoms. The topological polar surface area (TPSA) is 90.1 Å². The van der Waals surface area contributed by atoms with Crippen molar-refractivity contribution in [2.45, 2.75) is 32.2 Å². The standard InChI is InChI=1S/C14H14N4O2S/c1-8-10-12(18(6-2-5-15)9-3-4-9)16-7-17-13(10)21-11(8)14(19)20/h7,9H,2-4,6H2,1H3,(H,19,20). The Balaban J connectivity index is 2.13. The summed E-state index contributed by atoms with van der Waals surface area (Å²) in [6, 6.07) is 2.57. The van der Waals surface area contributed by atoms with E-state index in [-0.39, 0.29) is 0 Å². The number of aromatic nitrogens is 2. The Hall–Kier alpha value is -2.20. The summed E-state index contributed by atoms with van der Waals surface area (Å²) in [4.78, 5) is 23.0. The van der Waals surface area contributed by atoms with Gasteiger partial charge in [0, 0.05) is 12.6 Å². The van der Waals surface area contributed by atoms with Crippen LogP contribution in [0.15, 0.2) is 6.33 Å². The van der Waals surface area contributed by atoms with Crippen LogP contribution in [0.1, 0.15) is 34.5 Å². The van der Waals surface area contributed by atoms with Crippen LogP contribution in [0.25, 0.3) is 10.2 Å². The molecule has 0 aromatic carbocycles. The number of rotatable bonds is 5. The summed E-state index contributed by atoms with van der Waals surface area (Å²) in [5.41, 5.74) is 0.709. The van der Waals surface area contributed by atoms with E-state index in [4.69, 9.17) is 5.26 Å². The van der Waals surface area contributed by atoms with Crippen molar-refractivity contribution in [1.29, 1.82) is 5.26 Å². The molecule has 0 aliphatic heterocycles. The minimum absolute atomic E-state index is 0.308.